The van der Waals surface area contributed by atoms with Gasteiger partial charge in [-0.1, -0.05) is 49.0 Å². The van der Waals surface area contributed by atoms with Crippen LogP contribution in [0.1, 0.15) is 25.2 Å². The van der Waals surface area contributed by atoms with Crippen molar-refractivity contribution >= 4 is 22.8 Å². The van der Waals surface area contributed by atoms with E-state index in [1.807, 2.05) is 77.9 Å². The summed E-state index contributed by atoms with van der Waals surface area (Å²) in [7, 11) is 0. The number of nitrogens with one attached hydrogen (secondary N) is 1. The van der Waals surface area contributed by atoms with Gasteiger partial charge in [0, 0.05) is 25.6 Å². The van der Waals surface area contributed by atoms with E-state index in [4.69, 9.17) is 4.98 Å². The number of imidazole rings is 1. The molecule has 2 amide bonds. The van der Waals surface area contributed by atoms with Gasteiger partial charge in [0.15, 0.2) is 0 Å². The van der Waals surface area contributed by atoms with Crippen LogP contribution in [0.5, 0.6) is 0 Å². The van der Waals surface area contributed by atoms with Crippen molar-refractivity contribution < 1.29 is 9.59 Å². The van der Waals surface area contributed by atoms with Crippen LogP contribution in [0.2, 0.25) is 0 Å². The number of rotatable bonds is 9. The van der Waals surface area contributed by atoms with Crippen LogP contribution in [0.25, 0.3) is 11.0 Å². The fourth-order valence-corrected chi connectivity index (χ4v) is 3.43. The van der Waals surface area contributed by atoms with Crippen molar-refractivity contribution in [2.75, 3.05) is 6.54 Å². The molecular weight excluding hydrogens is 376 g/mol. The fraction of sp³-hybridized carbons (Fsp3) is 0.292. The van der Waals surface area contributed by atoms with E-state index in [1.165, 1.54) is 6.08 Å². The Morgan fingerprint density at radius 2 is 1.83 bits per heavy atom. The first-order chi connectivity index (χ1) is 14.5. The molecule has 3 aromatic rings. The highest BCUT2D eigenvalue weighted by Crippen LogP contribution is 2.18. The largest absolute Gasteiger partial charge is 0.352 e. The van der Waals surface area contributed by atoms with Gasteiger partial charge in [0.2, 0.25) is 11.8 Å². The molecule has 6 heteroatoms. The summed E-state index contributed by atoms with van der Waals surface area (Å²) in [6, 6.07) is 17.9. The van der Waals surface area contributed by atoms with Gasteiger partial charge in [0.1, 0.15) is 12.4 Å². The molecule has 0 radical (unpaired) electrons. The first kappa shape index (κ1) is 21.3. The second-order valence-electron chi connectivity index (χ2n) is 7.45. The van der Waals surface area contributed by atoms with Crippen molar-refractivity contribution in [2.24, 2.45) is 0 Å². The highest BCUT2D eigenvalue weighted by atomic mass is 16.2. The molecule has 0 unspecified atom stereocenters. The molecule has 0 aliphatic rings. The third-order valence-corrected chi connectivity index (χ3v) is 5.00. The van der Waals surface area contributed by atoms with E-state index in [0.717, 1.165) is 22.4 Å². The van der Waals surface area contributed by atoms with Gasteiger partial charge in [-0.3, -0.25) is 9.59 Å². The first-order valence-corrected chi connectivity index (χ1v) is 10.2. The minimum atomic E-state index is -0.220. The predicted molar refractivity (Wildman–Crippen MR) is 119 cm³/mol. The lowest BCUT2D eigenvalue weighted by Gasteiger charge is -2.27. The van der Waals surface area contributed by atoms with Crippen LogP contribution < -0.4 is 5.32 Å². The molecule has 0 fully saturated rings. The third-order valence-electron chi connectivity index (χ3n) is 5.00. The zero-order valence-electron chi connectivity index (χ0n) is 17.5. The van der Waals surface area contributed by atoms with Crippen molar-refractivity contribution in [3.05, 3.63) is 78.6 Å². The lowest BCUT2D eigenvalue weighted by Crippen LogP contribution is -2.39. The zero-order chi connectivity index (χ0) is 21.5. The van der Waals surface area contributed by atoms with Crippen LogP contribution in [0, 0.1) is 0 Å². The molecule has 0 spiro atoms. The molecule has 0 aliphatic carbocycles. The molecule has 0 saturated heterocycles. The third kappa shape index (κ3) is 5.14. The maximum atomic E-state index is 13.3. The van der Waals surface area contributed by atoms with E-state index in [-0.39, 0.29) is 24.4 Å². The summed E-state index contributed by atoms with van der Waals surface area (Å²) < 4.78 is 1.96. The lowest BCUT2D eigenvalue weighted by atomic mass is 10.2. The predicted octanol–water partition coefficient (Wildman–Crippen LogP) is 3.32. The van der Waals surface area contributed by atoms with E-state index in [1.54, 1.807) is 0 Å². The molecule has 156 valence electrons. The Morgan fingerprint density at radius 1 is 1.13 bits per heavy atom. The summed E-state index contributed by atoms with van der Waals surface area (Å²) in [4.78, 5) is 31.3. The van der Waals surface area contributed by atoms with Crippen molar-refractivity contribution in [2.45, 2.75) is 39.4 Å². The summed E-state index contributed by atoms with van der Waals surface area (Å²) in [6.45, 7) is 8.72. The van der Waals surface area contributed by atoms with Crippen LogP contribution in [-0.2, 0) is 29.1 Å². The average Bonchev–Trinajstić information content (AvgIpc) is 3.09. The maximum Gasteiger partial charge on any atom is 0.243 e. The fourth-order valence-electron chi connectivity index (χ4n) is 3.43. The molecule has 0 saturated carbocycles. The lowest BCUT2D eigenvalue weighted by molar-refractivity contribution is -0.134. The number of benzene rings is 2. The van der Waals surface area contributed by atoms with Gasteiger partial charge in [-0.2, -0.15) is 0 Å². The minimum Gasteiger partial charge on any atom is -0.352 e. The summed E-state index contributed by atoms with van der Waals surface area (Å²) in [6.07, 6.45) is 1.78. The summed E-state index contributed by atoms with van der Waals surface area (Å²) in [5.41, 5.74) is 2.86. The number of para-hydroxylation sites is 2. The molecule has 1 N–H and O–H groups in total. The Morgan fingerprint density at radius 3 is 2.53 bits per heavy atom. The topological polar surface area (TPSA) is 67.2 Å². The van der Waals surface area contributed by atoms with Crippen LogP contribution in [-0.4, -0.2) is 38.9 Å². The normalized spacial score (nSPS) is 10.9. The average molecular weight is 405 g/mol. The van der Waals surface area contributed by atoms with Gasteiger partial charge in [0.05, 0.1) is 11.0 Å². The van der Waals surface area contributed by atoms with Gasteiger partial charge in [0.25, 0.3) is 0 Å². The standard InChI is InChI=1S/C24H28N4O2/c1-4-23(29)25-15-14-22-26-20-12-8-9-13-21(20)28(22)17-24(30)27(18(2)3)16-19-10-6-5-7-11-19/h4-13,18H,1,14-17H2,2-3H3,(H,25,29). The van der Waals surface area contributed by atoms with Crippen LogP contribution in [0.3, 0.4) is 0 Å². The quantitative estimate of drug-likeness (QED) is 0.557. The van der Waals surface area contributed by atoms with Crippen LogP contribution in [0.4, 0.5) is 0 Å². The Kier molecular flexibility index (Phi) is 7.01. The Bertz CT molecular complexity index is 1020. The number of hydrogen-bond donors (Lipinski definition) is 1. The van der Waals surface area contributed by atoms with Gasteiger partial charge in [-0.05, 0) is 37.6 Å². The van der Waals surface area contributed by atoms with Gasteiger partial charge >= 0.3 is 0 Å². The highest BCUT2D eigenvalue weighted by Gasteiger charge is 2.20. The minimum absolute atomic E-state index is 0.0355. The zero-order valence-corrected chi connectivity index (χ0v) is 17.5. The number of amides is 2. The summed E-state index contributed by atoms with van der Waals surface area (Å²) in [5.74, 6) is 0.591. The smallest absolute Gasteiger partial charge is 0.243 e. The van der Waals surface area contributed by atoms with E-state index in [9.17, 15) is 9.59 Å². The molecule has 6 nitrogen and oxygen atoms in total. The van der Waals surface area contributed by atoms with Crippen molar-refractivity contribution in [1.29, 1.82) is 0 Å². The van der Waals surface area contributed by atoms with E-state index >= 15 is 0 Å². The number of nitrogens with zero attached hydrogens (tertiary/aromatic N) is 3. The number of hydrogen-bond acceptors (Lipinski definition) is 3. The molecule has 0 atom stereocenters. The molecule has 3 rings (SSSR count). The van der Waals surface area contributed by atoms with E-state index in [2.05, 4.69) is 11.9 Å². The Balaban J connectivity index is 1.83. The molecule has 1 heterocycles. The maximum absolute atomic E-state index is 13.3. The molecular formula is C24H28N4O2. The number of carbonyl (C=O) groups is 2. The number of fused-ring (bicyclic) bond motifs is 1. The summed E-state index contributed by atoms with van der Waals surface area (Å²) in [5, 5.41) is 2.77. The van der Waals surface area contributed by atoms with Crippen LogP contribution >= 0.6 is 0 Å². The second kappa shape index (κ2) is 9.87. The Labute approximate surface area is 177 Å². The highest BCUT2D eigenvalue weighted by molar-refractivity contribution is 5.86. The van der Waals surface area contributed by atoms with E-state index in [0.29, 0.717) is 19.5 Å². The van der Waals surface area contributed by atoms with Crippen molar-refractivity contribution in [3.63, 3.8) is 0 Å². The molecule has 2 aromatic carbocycles. The number of aromatic nitrogens is 2. The van der Waals surface area contributed by atoms with Gasteiger partial charge in [-0.25, -0.2) is 4.98 Å². The molecule has 30 heavy (non-hydrogen) atoms. The molecule has 1 aromatic heterocycles. The second-order valence-corrected chi connectivity index (χ2v) is 7.45. The monoisotopic (exact) mass is 404 g/mol. The van der Waals surface area contributed by atoms with Gasteiger partial charge < -0.3 is 14.8 Å². The van der Waals surface area contributed by atoms with Crippen LogP contribution in [0.15, 0.2) is 67.3 Å². The Hall–Kier alpha value is -3.41. The van der Waals surface area contributed by atoms with Crippen molar-refractivity contribution in [1.82, 2.24) is 19.8 Å². The molecule has 0 aliphatic heterocycles. The SMILES string of the molecule is C=CC(=O)NCCc1nc2ccccc2n1CC(=O)N(Cc1ccccc1)C(C)C. The summed E-state index contributed by atoms with van der Waals surface area (Å²) >= 11 is 0. The molecule has 0 bridgehead atoms. The van der Waals surface area contributed by atoms with Crippen molar-refractivity contribution in [3.8, 4) is 0 Å². The number of carbonyl (C=O) groups excluding carboxylic acids is 2. The van der Waals surface area contributed by atoms with Gasteiger partial charge in [-0.15, -0.1) is 0 Å². The first-order valence-electron chi connectivity index (χ1n) is 10.2. The van der Waals surface area contributed by atoms with E-state index < -0.39 is 0 Å².